The fourth-order valence-corrected chi connectivity index (χ4v) is 3.22. The van der Waals surface area contributed by atoms with Gasteiger partial charge in [0.05, 0.1) is 0 Å². The van der Waals surface area contributed by atoms with E-state index in [0.29, 0.717) is 12.0 Å². The van der Waals surface area contributed by atoms with Crippen LogP contribution in [0.15, 0.2) is 53.3 Å². The fourth-order valence-electron chi connectivity index (χ4n) is 2.61. The molecule has 1 saturated carbocycles. The van der Waals surface area contributed by atoms with Gasteiger partial charge in [0.25, 0.3) is 0 Å². The molecule has 1 aromatic heterocycles. The minimum Gasteiger partial charge on any atom is -0.310 e. The number of halogens is 1. The van der Waals surface area contributed by atoms with Crippen molar-refractivity contribution >= 4 is 15.9 Å². The van der Waals surface area contributed by atoms with Crippen LogP contribution < -0.4 is 5.32 Å². The highest BCUT2D eigenvalue weighted by molar-refractivity contribution is 9.10. The second kappa shape index (κ2) is 5.85. The van der Waals surface area contributed by atoms with E-state index in [1.54, 1.807) is 0 Å². The van der Waals surface area contributed by atoms with E-state index >= 15 is 0 Å². The summed E-state index contributed by atoms with van der Waals surface area (Å²) in [6, 6.07) is 13.3. The zero-order chi connectivity index (χ0) is 13.1. The Morgan fingerprint density at radius 3 is 2.58 bits per heavy atom. The summed E-state index contributed by atoms with van der Waals surface area (Å²) in [5.41, 5.74) is 2.75. The van der Waals surface area contributed by atoms with Crippen LogP contribution in [0.5, 0.6) is 0 Å². The molecule has 2 nitrogen and oxygen atoms in total. The number of hydrogen-bond acceptors (Lipinski definition) is 2. The van der Waals surface area contributed by atoms with E-state index in [0.717, 1.165) is 6.54 Å². The van der Waals surface area contributed by atoms with Gasteiger partial charge in [0.1, 0.15) is 0 Å². The first-order valence-electron chi connectivity index (χ1n) is 6.69. The number of aromatic nitrogens is 1. The monoisotopic (exact) mass is 316 g/mol. The average Bonchev–Trinajstić information content (AvgIpc) is 2.40. The molecule has 0 unspecified atom stereocenters. The SMILES string of the molecule is Brc1ccccc1C1CC(NCc2ccncc2)C1. The number of nitrogens with zero attached hydrogens (tertiary/aromatic N) is 1. The molecule has 0 spiro atoms. The quantitative estimate of drug-likeness (QED) is 0.926. The van der Waals surface area contributed by atoms with Crippen molar-refractivity contribution in [2.45, 2.75) is 31.3 Å². The van der Waals surface area contributed by atoms with Crippen molar-refractivity contribution in [3.63, 3.8) is 0 Å². The van der Waals surface area contributed by atoms with Gasteiger partial charge in [-0.25, -0.2) is 0 Å². The summed E-state index contributed by atoms with van der Waals surface area (Å²) in [6.07, 6.45) is 6.16. The van der Waals surface area contributed by atoms with E-state index < -0.39 is 0 Å². The molecule has 2 aromatic rings. The van der Waals surface area contributed by atoms with E-state index in [2.05, 4.69) is 62.6 Å². The number of hydrogen-bond donors (Lipinski definition) is 1. The lowest BCUT2D eigenvalue weighted by Gasteiger charge is -2.37. The molecule has 98 valence electrons. The normalized spacial score (nSPS) is 21.9. The average molecular weight is 317 g/mol. The van der Waals surface area contributed by atoms with E-state index in [9.17, 15) is 0 Å². The third-order valence-electron chi connectivity index (χ3n) is 3.83. The topological polar surface area (TPSA) is 24.9 Å². The Bertz CT molecular complexity index is 535. The largest absolute Gasteiger partial charge is 0.310 e. The molecule has 0 aliphatic heterocycles. The molecular formula is C16H17BrN2. The molecule has 0 atom stereocenters. The summed E-state index contributed by atoms with van der Waals surface area (Å²) in [5.74, 6) is 0.700. The lowest BCUT2D eigenvalue weighted by atomic mass is 9.76. The van der Waals surface area contributed by atoms with Crippen LogP contribution in [-0.4, -0.2) is 11.0 Å². The van der Waals surface area contributed by atoms with Crippen LogP contribution in [0.25, 0.3) is 0 Å². The molecule has 19 heavy (non-hydrogen) atoms. The van der Waals surface area contributed by atoms with Crippen LogP contribution in [-0.2, 0) is 6.54 Å². The molecule has 1 aliphatic carbocycles. The maximum Gasteiger partial charge on any atom is 0.0271 e. The van der Waals surface area contributed by atoms with Crippen molar-refractivity contribution in [2.24, 2.45) is 0 Å². The van der Waals surface area contributed by atoms with Crippen molar-refractivity contribution in [1.82, 2.24) is 10.3 Å². The van der Waals surface area contributed by atoms with Gasteiger partial charge in [0.15, 0.2) is 0 Å². The third kappa shape index (κ3) is 3.04. The Morgan fingerprint density at radius 1 is 1.11 bits per heavy atom. The van der Waals surface area contributed by atoms with Crippen molar-refractivity contribution < 1.29 is 0 Å². The predicted octanol–water partition coefficient (Wildman–Crippen LogP) is 3.88. The molecule has 0 amide bonds. The minimum absolute atomic E-state index is 0.644. The van der Waals surface area contributed by atoms with Gasteiger partial charge in [0, 0.05) is 29.5 Å². The Balaban J connectivity index is 1.50. The second-order valence-corrected chi connectivity index (χ2v) is 5.98. The lowest BCUT2D eigenvalue weighted by Crippen LogP contribution is -2.39. The van der Waals surface area contributed by atoms with Gasteiger partial charge in [-0.15, -0.1) is 0 Å². The standard InChI is InChI=1S/C16H17BrN2/c17-16-4-2-1-3-15(16)13-9-14(10-13)19-11-12-5-7-18-8-6-12/h1-8,13-14,19H,9-11H2. The van der Waals surface area contributed by atoms with E-state index in [-0.39, 0.29) is 0 Å². The molecule has 1 aliphatic rings. The molecular weight excluding hydrogens is 300 g/mol. The van der Waals surface area contributed by atoms with Crippen LogP contribution in [0.2, 0.25) is 0 Å². The first kappa shape index (κ1) is 12.8. The maximum absolute atomic E-state index is 4.04. The van der Waals surface area contributed by atoms with Crippen LogP contribution in [0.3, 0.4) is 0 Å². The highest BCUT2D eigenvalue weighted by Gasteiger charge is 2.30. The van der Waals surface area contributed by atoms with Gasteiger partial charge in [-0.3, -0.25) is 4.98 Å². The van der Waals surface area contributed by atoms with Gasteiger partial charge in [0.2, 0.25) is 0 Å². The van der Waals surface area contributed by atoms with Crippen LogP contribution >= 0.6 is 15.9 Å². The van der Waals surface area contributed by atoms with Crippen molar-refractivity contribution in [3.8, 4) is 0 Å². The second-order valence-electron chi connectivity index (χ2n) is 5.12. The minimum atomic E-state index is 0.644. The maximum atomic E-state index is 4.04. The van der Waals surface area contributed by atoms with E-state index in [1.165, 1.54) is 28.4 Å². The van der Waals surface area contributed by atoms with Crippen molar-refractivity contribution in [3.05, 3.63) is 64.4 Å². The number of benzene rings is 1. The highest BCUT2D eigenvalue weighted by atomic mass is 79.9. The van der Waals surface area contributed by atoms with Gasteiger partial charge < -0.3 is 5.32 Å². The fraction of sp³-hybridized carbons (Fsp3) is 0.312. The van der Waals surface area contributed by atoms with Gasteiger partial charge in [-0.2, -0.15) is 0 Å². The van der Waals surface area contributed by atoms with Crippen LogP contribution in [0.4, 0.5) is 0 Å². The number of nitrogens with one attached hydrogen (secondary N) is 1. The number of pyridine rings is 1. The molecule has 3 rings (SSSR count). The molecule has 0 bridgehead atoms. The lowest BCUT2D eigenvalue weighted by molar-refractivity contribution is 0.289. The summed E-state index contributed by atoms with van der Waals surface area (Å²) in [7, 11) is 0. The van der Waals surface area contributed by atoms with E-state index in [1.807, 2.05) is 12.4 Å². The first-order chi connectivity index (χ1) is 9.33. The molecule has 0 radical (unpaired) electrons. The Hall–Kier alpha value is -1.19. The van der Waals surface area contributed by atoms with Gasteiger partial charge in [-0.1, -0.05) is 34.1 Å². The Kier molecular flexibility index (Phi) is 3.95. The molecule has 1 aromatic carbocycles. The zero-order valence-corrected chi connectivity index (χ0v) is 12.3. The van der Waals surface area contributed by atoms with Crippen LogP contribution in [0, 0.1) is 0 Å². The summed E-state index contributed by atoms with van der Waals surface area (Å²) >= 11 is 3.64. The molecule has 0 saturated heterocycles. The van der Waals surface area contributed by atoms with Gasteiger partial charge in [-0.05, 0) is 48.1 Å². The van der Waals surface area contributed by atoms with Crippen molar-refractivity contribution in [1.29, 1.82) is 0 Å². The molecule has 3 heteroatoms. The Morgan fingerprint density at radius 2 is 1.84 bits per heavy atom. The summed E-state index contributed by atoms with van der Waals surface area (Å²) in [6.45, 7) is 0.940. The summed E-state index contributed by atoms with van der Waals surface area (Å²) in [4.78, 5) is 4.04. The third-order valence-corrected chi connectivity index (χ3v) is 4.55. The smallest absolute Gasteiger partial charge is 0.0271 e. The molecule has 1 fully saturated rings. The number of rotatable bonds is 4. The summed E-state index contributed by atoms with van der Waals surface area (Å²) in [5, 5.41) is 3.61. The zero-order valence-electron chi connectivity index (χ0n) is 10.7. The van der Waals surface area contributed by atoms with Gasteiger partial charge >= 0.3 is 0 Å². The highest BCUT2D eigenvalue weighted by Crippen LogP contribution is 2.39. The Labute approximate surface area is 122 Å². The predicted molar refractivity (Wildman–Crippen MR) is 81.0 cm³/mol. The van der Waals surface area contributed by atoms with Crippen LogP contribution in [0.1, 0.15) is 29.9 Å². The van der Waals surface area contributed by atoms with E-state index in [4.69, 9.17) is 0 Å². The van der Waals surface area contributed by atoms with Crippen molar-refractivity contribution in [2.75, 3.05) is 0 Å². The first-order valence-corrected chi connectivity index (χ1v) is 7.49. The molecule has 1 N–H and O–H groups in total. The summed E-state index contributed by atoms with van der Waals surface area (Å²) < 4.78 is 1.24. The molecule has 1 heterocycles.